The maximum absolute atomic E-state index is 14.1. The van der Waals surface area contributed by atoms with E-state index in [1.165, 1.54) is 6.20 Å². The van der Waals surface area contributed by atoms with Crippen molar-refractivity contribution in [2.24, 2.45) is 5.14 Å². The first kappa shape index (κ1) is 26.8. The van der Waals surface area contributed by atoms with Crippen LogP contribution in [0.5, 0.6) is 5.75 Å². The molecule has 0 saturated heterocycles. The lowest BCUT2D eigenvalue weighted by Gasteiger charge is -2.24. The molecule has 11 heteroatoms. The Bertz CT molecular complexity index is 1290. The molecule has 188 valence electrons. The van der Waals surface area contributed by atoms with Gasteiger partial charge in [-0.05, 0) is 42.4 Å². The fraction of sp³-hybridized carbons (Fsp3) is 0.292. The number of primary sulfonamides is 1. The van der Waals surface area contributed by atoms with Crippen molar-refractivity contribution in [1.82, 2.24) is 9.88 Å². The summed E-state index contributed by atoms with van der Waals surface area (Å²) in [5, 5.41) is 4.28. The van der Waals surface area contributed by atoms with Gasteiger partial charge >= 0.3 is 0 Å². The van der Waals surface area contributed by atoms with Crippen molar-refractivity contribution in [3.63, 3.8) is 0 Å². The molecule has 0 fully saturated rings. The van der Waals surface area contributed by atoms with Crippen LogP contribution in [0.15, 0.2) is 48.7 Å². The molecule has 0 aliphatic heterocycles. The zero-order valence-corrected chi connectivity index (χ0v) is 20.9. The highest BCUT2D eigenvalue weighted by Gasteiger charge is 2.25. The Hall–Kier alpha value is -2.79. The molecular formula is C24H27ClF2N4O3S. The van der Waals surface area contributed by atoms with E-state index in [0.717, 1.165) is 17.7 Å². The van der Waals surface area contributed by atoms with Gasteiger partial charge in [-0.3, -0.25) is 0 Å². The highest BCUT2D eigenvalue weighted by atomic mass is 35.5. The van der Waals surface area contributed by atoms with Crippen LogP contribution in [0.4, 0.5) is 14.6 Å². The van der Waals surface area contributed by atoms with Gasteiger partial charge in [0.15, 0.2) is 11.6 Å². The van der Waals surface area contributed by atoms with Crippen molar-refractivity contribution in [3.8, 4) is 16.9 Å². The summed E-state index contributed by atoms with van der Waals surface area (Å²) in [5.74, 6) is -1.24. The van der Waals surface area contributed by atoms with E-state index in [1.807, 2.05) is 18.7 Å². The van der Waals surface area contributed by atoms with Crippen LogP contribution in [0.25, 0.3) is 11.1 Å². The van der Waals surface area contributed by atoms with Crippen LogP contribution in [0.1, 0.15) is 30.2 Å². The number of anilines is 1. The topological polar surface area (TPSA) is 112 Å². The number of rotatable bonds is 10. The zero-order valence-electron chi connectivity index (χ0n) is 19.3. The monoisotopic (exact) mass is 524 g/mol. The van der Waals surface area contributed by atoms with Crippen LogP contribution < -0.4 is 15.6 Å². The molecule has 2 aromatic carbocycles. The summed E-state index contributed by atoms with van der Waals surface area (Å²) in [5.41, 5.74) is 7.68. The smallest absolute Gasteiger partial charge is 0.217 e. The third-order valence-corrected chi connectivity index (χ3v) is 7.35. The first-order chi connectivity index (χ1) is 16.5. The van der Waals surface area contributed by atoms with Gasteiger partial charge in [0.05, 0.1) is 5.02 Å². The van der Waals surface area contributed by atoms with E-state index in [-0.39, 0.29) is 35.3 Å². The highest BCUT2D eigenvalue weighted by molar-refractivity contribution is 7.89. The number of nitrogens with two attached hydrogens (primary N) is 2. The third kappa shape index (κ3) is 6.46. The van der Waals surface area contributed by atoms with Crippen LogP contribution in [0.3, 0.4) is 0 Å². The number of benzene rings is 2. The molecule has 1 aromatic heterocycles. The van der Waals surface area contributed by atoms with E-state index >= 15 is 0 Å². The number of ether oxygens (including phenoxy) is 1. The molecule has 1 unspecified atom stereocenters. The SMILES string of the molecule is CCN(CC)CC(c1ccc(-c2cnc(N)c(OCc3c(F)ccc(F)c3Cl)c2)cc1)S(N)(=O)=O. The van der Waals surface area contributed by atoms with Gasteiger partial charge in [0, 0.05) is 23.9 Å². The first-order valence-corrected chi connectivity index (χ1v) is 12.9. The van der Waals surface area contributed by atoms with E-state index in [0.29, 0.717) is 24.2 Å². The molecule has 3 rings (SSSR count). The van der Waals surface area contributed by atoms with Gasteiger partial charge in [-0.2, -0.15) is 0 Å². The fourth-order valence-corrected chi connectivity index (χ4v) is 4.75. The molecule has 0 aliphatic carbocycles. The van der Waals surface area contributed by atoms with Gasteiger partial charge < -0.3 is 15.4 Å². The van der Waals surface area contributed by atoms with Crippen molar-refractivity contribution in [2.45, 2.75) is 25.7 Å². The lowest BCUT2D eigenvalue weighted by Crippen LogP contribution is -2.34. The van der Waals surface area contributed by atoms with E-state index in [9.17, 15) is 17.2 Å². The molecule has 4 N–H and O–H groups in total. The van der Waals surface area contributed by atoms with E-state index in [2.05, 4.69) is 4.98 Å². The Kier molecular flexibility index (Phi) is 8.65. The maximum atomic E-state index is 14.1. The number of hydrogen-bond donors (Lipinski definition) is 2. The largest absolute Gasteiger partial charge is 0.485 e. The van der Waals surface area contributed by atoms with Crippen molar-refractivity contribution in [1.29, 1.82) is 0 Å². The highest BCUT2D eigenvalue weighted by Crippen LogP contribution is 2.31. The number of hydrogen-bond acceptors (Lipinski definition) is 6. The first-order valence-electron chi connectivity index (χ1n) is 10.9. The van der Waals surface area contributed by atoms with Crippen LogP contribution >= 0.6 is 11.6 Å². The number of nitrogens with zero attached hydrogens (tertiary/aromatic N) is 2. The van der Waals surface area contributed by atoms with Gasteiger partial charge in [-0.25, -0.2) is 27.3 Å². The third-order valence-electron chi connectivity index (χ3n) is 5.72. The molecule has 35 heavy (non-hydrogen) atoms. The minimum absolute atomic E-state index is 0.0619. The second-order valence-electron chi connectivity index (χ2n) is 7.90. The maximum Gasteiger partial charge on any atom is 0.217 e. The molecule has 0 aliphatic rings. The van der Waals surface area contributed by atoms with Gasteiger partial charge in [0.1, 0.15) is 23.5 Å². The fourth-order valence-electron chi connectivity index (χ4n) is 3.59. The Labute approximate surface area is 208 Å². The van der Waals surface area contributed by atoms with Crippen molar-refractivity contribution >= 4 is 27.4 Å². The zero-order chi connectivity index (χ0) is 25.8. The second kappa shape index (κ2) is 11.3. The van der Waals surface area contributed by atoms with Gasteiger partial charge in [0.2, 0.25) is 10.0 Å². The molecule has 1 atom stereocenters. The van der Waals surface area contributed by atoms with Crippen LogP contribution in [-0.2, 0) is 16.6 Å². The molecular weight excluding hydrogens is 498 g/mol. The van der Waals surface area contributed by atoms with E-state index in [1.54, 1.807) is 30.3 Å². The standard InChI is InChI=1S/C24H27ClF2N4O3S/c1-3-31(4-2)13-22(35(29,32)33)16-7-5-15(6-8-16)17-11-21(24(28)30-12-17)34-14-18-19(26)9-10-20(27)23(18)25/h5-12,22H,3-4,13-14H2,1-2H3,(H2,28,30)(H2,29,32,33). The molecule has 0 radical (unpaired) electrons. The molecule has 0 bridgehead atoms. The summed E-state index contributed by atoms with van der Waals surface area (Å²) in [7, 11) is -3.83. The second-order valence-corrected chi connectivity index (χ2v) is 10.0. The summed E-state index contributed by atoms with van der Waals surface area (Å²) in [6.45, 7) is 5.24. The predicted octanol–water partition coefficient (Wildman–Crippen LogP) is 4.51. The molecule has 3 aromatic rings. The molecule has 1 heterocycles. The summed E-state index contributed by atoms with van der Waals surface area (Å²) < 4.78 is 57.8. The summed E-state index contributed by atoms with van der Waals surface area (Å²) >= 11 is 5.86. The number of likely N-dealkylation sites (N-methyl/N-ethyl adjacent to an activating group) is 1. The Morgan fingerprint density at radius 2 is 1.69 bits per heavy atom. The molecule has 7 nitrogen and oxygen atoms in total. The Morgan fingerprint density at radius 3 is 2.29 bits per heavy atom. The van der Waals surface area contributed by atoms with Gasteiger partial charge in [0.25, 0.3) is 0 Å². The summed E-state index contributed by atoms with van der Waals surface area (Å²) in [6, 6.07) is 10.4. The van der Waals surface area contributed by atoms with Crippen LogP contribution in [0.2, 0.25) is 5.02 Å². The number of sulfonamides is 1. The average Bonchev–Trinajstić information content (AvgIpc) is 2.83. The minimum Gasteiger partial charge on any atom is -0.485 e. The van der Waals surface area contributed by atoms with Crippen molar-refractivity contribution in [2.75, 3.05) is 25.4 Å². The summed E-state index contributed by atoms with van der Waals surface area (Å²) in [4.78, 5) is 6.11. The van der Waals surface area contributed by atoms with Crippen LogP contribution in [0, 0.1) is 11.6 Å². The average molecular weight is 525 g/mol. The molecule has 0 saturated carbocycles. The van der Waals surface area contributed by atoms with Gasteiger partial charge in [-0.1, -0.05) is 49.7 Å². The van der Waals surface area contributed by atoms with Crippen molar-refractivity contribution in [3.05, 3.63) is 76.4 Å². The number of halogens is 3. The van der Waals surface area contributed by atoms with Crippen molar-refractivity contribution < 1.29 is 21.9 Å². The summed E-state index contributed by atoms with van der Waals surface area (Å²) in [6.07, 6.45) is 1.53. The molecule has 0 spiro atoms. The molecule has 0 amide bonds. The predicted molar refractivity (Wildman–Crippen MR) is 133 cm³/mol. The normalized spacial score (nSPS) is 12.7. The Balaban J connectivity index is 1.85. The lowest BCUT2D eigenvalue weighted by molar-refractivity contribution is 0.300. The van der Waals surface area contributed by atoms with Gasteiger partial charge in [-0.15, -0.1) is 0 Å². The lowest BCUT2D eigenvalue weighted by atomic mass is 10.0. The Morgan fingerprint density at radius 1 is 1.06 bits per heavy atom. The number of pyridine rings is 1. The van der Waals surface area contributed by atoms with E-state index in [4.69, 9.17) is 27.2 Å². The van der Waals surface area contributed by atoms with Crippen LogP contribution in [-0.4, -0.2) is 37.9 Å². The number of nitrogen functional groups attached to an aromatic ring is 1. The number of aromatic nitrogens is 1. The minimum atomic E-state index is -3.83. The quantitative estimate of drug-likeness (QED) is 0.377. The van der Waals surface area contributed by atoms with E-state index < -0.39 is 26.9 Å².